The summed E-state index contributed by atoms with van der Waals surface area (Å²) in [4.78, 5) is 2.34. The van der Waals surface area contributed by atoms with E-state index in [-0.39, 0.29) is 6.61 Å². The van der Waals surface area contributed by atoms with Crippen molar-refractivity contribution in [3.63, 3.8) is 0 Å². The predicted octanol–water partition coefficient (Wildman–Crippen LogP) is 1.66. The van der Waals surface area contributed by atoms with Gasteiger partial charge < -0.3 is 10.0 Å². The van der Waals surface area contributed by atoms with Crippen LogP contribution in [-0.2, 0) is 0 Å². The Morgan fingerprint density at radius 2 is 2.31 bits per heavy atom. The molecule has 2 nitrogen and oxygen atoms in total. The number of allylic oxidation sites excluding steroid dienone is 2. The third kappa shape index (κ3) is 3.92. The molecule has 1 rings (SSSR count). The van der Waals surface area contributed by atoms with Crippen molar-refractivity contribution in [3.05, 3.63) is 12.2 Å². The molecule has 0 aromatic rings. The molecule has 0 spiro atoms. The first-order chi connectivity index (χ1) is 6.36. The van der Waals surface area contributed by atoms with E-state index in [1.54, 1.807) is 0 Å². The Kier molecular flexibility index (Phi) is 5.09. The van der Waals surface area contributed by atoms with E-state index in [2.05, 4.69) is 24.0 Å². The first-order valence-electron chi connectivity index (χ1n) is 5.35. The molecule has 1 aliphatic rings. The molecular weight excluding hydrogens is 162 g/mol. The van der Waals surface area contributed by atoms with Gasteiger partial charge in [-0.05, 0) is 31.7 Å². The van der Waals surface area contributed by atoms with Crippen molar-refractivity contribution < 1.29 is 5.11 Å². The number of nitrogens with zero attached hydrogens (tertiary/aromatic N) is 1. The fourth-order valence-corrected chi connectivity index (χ4v) is 1.91. The van der Waals surface area contributed by atoms with E-state index in [0.717, 1.165) is 25.6 Å². The molecule has 0 aromatic heterocycles. The van der Waals surface area contributed by atoms with Crippen LogP contribution in [-0.4, -0.2) is 36.2 Å². The molecule has 0 heterocycles. The lowest BCUT2D eigenvalue weighted by Gasteiger charge is -2.26. The summed E-state index contributed by atoms with van der Waals surface area (Å²) >= 11 is 0. The maximum absolute atomic E-state index is 8.84. The molecule has 0 amide bonds. The molecule has 76 valence electrons. The molecule has 0 saturated heterocycles. The largest absolute Gasteiger partial charge is 0.395 e. The third-order valence-electron chi connectivity index (χ3n) is 2.76. The van der Waals surface area contributed by atoms with Crippen LogP contribution in [0.25, 0.3) is 0 Å². The highest BCUT2D eigenvalue weighted by molar-refractivity contribution is 4.90. The second kappa shape index (κ2) is 6.17. The van der Waals surface area contributed by atoms with Crippen molar-refractivity contribution in [1.29, 1.82) is 0 Å². The second-order valence-electron chi connectivity index (χ2n) is 3.77. The van der Waals surface area contributed by atoms with Crippen molar-refractivity contribution >= 4 is 0 Å². The number of likely N-dealkylation sites (N-methyl/N-ethyl adjacent to an activating group) is 1. The summed E-state index contributed by atoms with van der Waals surface area (Å²) < 4.78 is 0. The zero-order valence-corrected chi connectivity index (χ0v) is 8.58. The fraction of sp³-hybridized carbons (Fsp3) is 0.818. The maximum atomic E-state index is 8.84. The van der Waals surface area contributed by atoms with Crippen molar-refractivity contribution in [1.82, 2.24) is 4.90 Å². The Hall–Kier alpha value is -0.340. The van der Waals surface area contributed by atoms with Gasteiger partial charge in [-0.25, -0.2) is 0 Å². The summed E-state index contributed by atoms with van der Waals surface area (Å²) in [6, 6.07) is 0. The number of hydrogen-bond donors (Lipinski definition) is 1. The lowest BCUT2D eigenvalue weighted by molar-refractivity contribution is 0.177. The zero-order chi connectivity index (χ0) is 9.52. The summed E-state index contributed by atoms with van der Waals surface area (Å²) in [7, 11) is 0. The SMILES string of the molecule is CCN(CCO)CC1CC=CCC1. The highest BCUT2D eigenvalue weighted by atomic mass is 16.3. The first kappa shape index (κ1) is 10.7. The Balaban J connectivity index is 2.23. The van der Waals surface area contributed by atoms with E-state index in [1.807, 2.05) is 0 Å². The van der Waals surface area contributed by atoms with Gasteiger partial charge in [0.1, 0.15) is 0 Å². The molecule has 1 aliphatic carbocycles. The van der Waals surface area contributed by atoms with Crippen LogP contribution in [0.4, 0.5) is 0 Å². The monoisotopic (exact) mass is 183 g/mol. The summed E-state index contributed by atoms with van der Waals surface area (Å²) in [6.07, 6.45) is 8.35. The van der Waals surface area contributed by atoms with Crippen LogP contribution in [0.2, 0.25) is 0 Å². The molecule has 2 heteroatoms. The van der Waals surface area contributed by atoms with Crippen LogP contribution < -0.4 is 0 Å². The van der Waals surface area contributed by atoms with Gasteiger partial charge in [0.25, 0.3) is 0 Å². The fourth-order valence-electron chi connectivity index (χ4n) is 1.91. The molecule has 1 N–H and O–H groups in total. The summed E-state index contributed by atoms with van der Waals surface area (Å²) in [5.74, 6) is 0.816. The molecule has 0 aliphatic heterocycles. The minimum Gasteiger partial charge on any atom is -0.395 e. The Morgan fingerprint density at radius 1 is 1.46 bits per heavy atom. The van der Waals surface area contributed by atoms with Gasteiger partial charge in [0.15, 0.2) is 0 Å². The summed E-state index contributed by atoms with van der Waals surface area (Å²) in [5, 5.41) is 8.84. The highest BCUT2D eigenvalue weighted by Gasteiger charge is 2.13. The molecule has 0 saturated carbocycles. The van der Waals surface area contributed by atoms with E-state index in [4.69, 9.17) is 5.11 Å². The van der Waals surface area contributed by atoms with Crippen molar-refractivity contribution in [3.8, 4) is 0 Å². The van der Waals surface area contributed by atoms with E-state index < -0.39 is 0 Å². The predicted molar refractivity (Wildman–Crippen MR) is 55.7 cm³/mol. The van der Waals surface area contributed by atoms with Crippen LogP contribution in [0, 0.1) is 5.92 Å². The van der Waals surface area contributed by atoms with Gasteiger partial charge >= 0.3 is 0 Å². The van der Waals surface area contributed by atoms with Gasteiger partial charge in [0.05, 0.1) is 6.61 Å². The van der Waals surface area contributed by atoms with Gasteiger partial charge in [0, 0.05) is 13.1 Å². The number of aliphatic hydroxyl groups is 1. The first-order valence-corrected chi connectivity index (χ1v) is 5.35. The minimum atomic E-state index is 0.288. The summed E-state index contributed by atoms with van der Waals surface area (Å²) in [6.45, 7) is 5.49. The Labute approximate surface area is 81.2 Å². The molecule has 0 fully saturated rings. The van der Waals surface area contributed by atoms with Crippen molar-refractivity contribution in [2.75, 3.05) is 26.2 Å². The average molecular weight is 183 g/mol. The smallest absolute Gasteiger partial charge is 0.0558 e. The van der Waals surface area contributed by atoms with Crippen LogP contribution in [0.3, 0.4) is 0 Å². The average Bonchev–Trinajstić information content (AvgIpc) is 2.19. The van der Waals surface area contributed by atoms with Gasteiger partial charge in [-0.3, -0.25) is 0 Å². The van der Waals surface area contributed by atoms with Crippen LogP contribution >= 0.6 is 0 Å². The maximum Gasteiger partial charge on any atom is 0.0558 e. The topological polar surface area (TPSA) is 23.5 Å². The van der Waals surface area contributed by atoms with Gasteiger partial charge in [-0.15, -0.1) is 0 Å². The number of aliphatic hydroxyl groups excluding tert-OH is 1. The van der Waals surface area contributed by atoms with Gasteiger partial charge in [0.2, 0.25) is 0 Å². The van der Waals surface area contributed by atoms with Crippen LogP contribution in [0.1, 0.15) is 26.2 Å². The van der Waals surface area contributed by atoms with Crippen LogP contribution in [0.15, 0.2) is 12.2 Å². The van der Waals surface area contributed by atoms with E-state index >= 15 is 0 Å². The second-order valence-corrected chi connectivity index (χ2v) is 3.77. The van der Waals surface area contributed by atoms with Gasteiger partial charge in [-0.2, -0.15) is 0 Å². The molecule has 0 aromatic carbocycles. The lowest BCUT2D eigenvalue weighted by Crippen LogP contribution is -2.32. The molecule has 1 atom stereocenters. The number of rotatable bonds is 5. The normalized spacial score (nSPS) is 22.5. The molecular formula is C11H21NO. The molecule has 1 unspecified atom stereocenters. The lowest BCUT2D eigenvalue weighted by atomic mass is 9.94. The minimum absolute atomic E-state index is 0.288. The molecule has 13 heavy (non-hydrogen) atoms. The quantitative estimate of drug-likeness (QED) is 0.655. The van der Waals surface area contributed by atoms with Gasteiger partial charge in [-0.1, -0.05) is 19.1 Å². The van der Waals surface area contributed by atoms with Crippen molar-refractivity contribution in [2.24, 2.45) is 5.92 Å². The number of hydrogen-bond acceptors (Lipinski definition) is 2. The van der Waals surface area contributed by atoms with E-state index in [0.29, 0.717) is 0 Å². The Bertz CT molecular complexity index is 156. The van der Waals surface area contributed by atoms with E-state index in [9.17, 15) is 0 Å². The Morgan fingerprint density at radius 3 is 2.85 bits per heavy atom. The van der Waals surface area contributed by atoms with Crippen LogP contribution in [0.5, 0.6) is 0 Å². The molecule has 0 radical (unpaired) electrons. The standard InChI is InChI=1S/C11H21NO/c1-2-12(8-9-13)10-11-6-4-3-5-7-11/h3-4,11,13H,2,5-10H2,1H3. The van der Waals surface area contributed by atoms with E-state index in [1.165, 1.54) is 19.3 Å². The van der Waals surface area contributed by atoms with Crippen molar-refractivity contribution in [2.45, 2.75) is 26.2 Å². The third-order valence-corrected chi connectivity index (χ3v) is 2.76. The zero-order valence-electron chi connectivity index (χ0n) is 8.58. The molecule has 0 bridgehead atoms. The highest BCUT2D eigenvalue weighted by Crippen LogP contribution is 2.18. The summed E-state index contributed by atoms with van der Waals surface area (Å²) in [5.41, 5.74) is 0.